The molecular formula is C15H18BrNO4. The molecule has 6 heteroatoms. The summed E-state index contributed by atoms with van der Waals surface area (Å²) in [5.41, 5.74) is 0.937. The summed E-state index contributed by atoms with van der Waals surface area (Å²) in [6.07, 6.45) is 1.48. The van der Waals surface area contributed by atoms with Crippen LogP contribution in [0.15, 0.2) is 28.7 Å². The quantitative estimate of drug-likeness (QED) is 0.818. The SMILES string of the molecule is COC(=O)[C@@H](Cc1cccc(Br)c1)NC(=O)[C@@H]1CCCO1. The molecule has 1 N–H and O–H groups in total. The lowest BCUT2D eigenvalue weighted by Crippen LogP contribution is -2.47. The Balaban J connectivity index is 2.03. The summed E-state index contributed by atoms with van der Waals surface area (Å²) in [5, 5.41) is 2.72. The molecule has 0 saturated carbocycles. The van der Waals surface area contributed by atoms with E-state index in [0.717, 1.165) is 16.5 Å². The van der Waals surface area contributed by atoms with E-state index in [1.165, 1.54) is 7.11 Å². The molecule has 5 nitrogen and oxygen atoms in total. The summed E-state index contributed by atoms with van der Waals surface area (Å²) in [7, 11) is 1.31. The zero-order valence-electron chi connectivity index (χ0n) is 11.8. The molecule has 0 aliphatic carbocycles. The zero-order valence-corrected chi connectivity index (χ0v) is 13.4. The van der Waals surface area contributed by atoms with Gasteiger partial charge >= 0.3 is 5.97 Å². The van der Waals surface area contributed by atoms with Gasteiger partial charge in [0.1, 0.15) is 12.1 Å². The van der Waals surface area contributed by atoms with Crippen LogP contribution in [0.1, 0.15) is 18.4 Å². The van der Waals surface area contributed by atoms with Crippen molar-refractivity contribution in [3.63, 3.8) is 0 Å². The van der Waals surface area contributed by atoms with Gasteiger partial charge < -0.3 is 14.8 Å². The number of esters is 1. The standard InChI is InChI=1S/C15H18BrNO4/c1-20-15(19)12(9-10-4-2-5-11(16)8-10)17-14(18)13-6-3-7-21-13/h2,4-5,8,12-13H,3,6-7,9H2,1H3,(H,17,18)/t12-,13+/m1/s1. The number of hydrogen-bond acceptors (Lipinski definition) is 4. The van der Waals surface area contributed by atoms with Crippen LogP contribution in [0.5, 0.6) is 0 Å². The maximum atomic E-state index is 12.1. The smallest absolute Gasteiger partial charge is 0.328 e. The summed E-state index contributed by atoms with van der Waals surface area (Å²) in [6.45, 7) is 0.590. The Morgan fingerprint density at radius 2 is 2.33 bits per heavy atom. The third-order valence-electron chi connectivity index (χ3n) is 3.35. The van der Waals surface area contributed by atoms with Crippen molar-refractivity contribution in [2.24, 2.45) is 0 Å². The minimum absolute atomic E-state index is 0.252. The van der Waals surface area contributed by atoms with Gasteiger partial charge in [-0.3, -0.25) is 4.79 Å². The summed E-state index contributed by atoms with van der Waals surface area (Å²) >= 11 is 3.39. The molecular weight excluding hydrogens is 338 g/mol. The van der Waals surface area contributed by atoms with Crippen LogP contribution in [0, 0.1) is 0 Å². The van der Waals surface area contributed by atoms with Gasteiger partial charge in [0.05, 0.1) is 7.11 Å². The van der Waals surface area contributed by atoms with Crippen molar-refractivity contribution >= 4 is 27.8 Å². The number of carbonyl (C=O) groups is 2. The number of hydrogen-bond donors (Lipinski definition) is 1. The first kappa shape index (κ1) is 16.0. The van der Waals surface area contributed by atoms with Crippen LogP contribution in [-0.2, 0) is 25.5 Å². The first-order valence-corrected chi connectivity index (χ1v) is 7.63. The Hall–Kier alpha value is -1.40. The third-order valence-corrected chi connectivity index (χ3v) is 3.85. The highest BCUT2D eigenvalue weighted by atomic mass is 79.9. The fourth-order valence-electron chi connectivity index (χ4n) is 2.28. The molecule has 0 aromatic heterocycles. The number of methoxy groups -OCH3 is 1. The second kappa shape index (κ2) is 7.56. The maximum Gasteiger partial charge on any atom is 0.328 e. The number of ether oxygens (including phenoxy) is 2. The Labute approximate surface area is 132 Å². The predicted molar refractivity (Wildman–Crippen MR) is 80.8 cm³/mol. The van der Waals surface area contributed by atoms with Crippen molar-refractivity contribution in [2.45, 2.75) is 31.4 Å². The van der Waals surface area contributed by atoms with E-state index in [0.29, 0.717) is 19.4 Å². The topological polar surface area (TPSA) is 64.6 Å². The monoisotopic (exact) mass is 355 g/mol. The fourth-order valence-corrected chi connectivity index (χ4v) is 2.73. The van der Waals surface area contributed by atoms with Crippen LogP contribution in [-0.4, -0.2) is 37.7 Å². The normalized spacial score (nSPS) is 19.0. The van der Waals surface area contributed by atoms with E-state index in [9.17, 15) is 9.59 Å². The number of rotatable bonds is 5. The van der Waals surface area contributed by atoms with Crippen LogP contribution in [0.2, 0.25) is 0 Å². The average molecular weight is 356 g/mol. The highest BCUT2D eigenvalue weighted by Crippen LogP contribution is 2.15. The highest BCUT2D eigenvalue weighted by molar-refractivity contribution is 9.10. The largest absolute Gasteiger partial charge is 0.467 e. The van der Waals surface area contributed by atoms with E-state index in [1.807, 2.05) is 24.3 Å². The first-order valence-electron chi connectivity index (χ1n) is 6.84. The second-order valence-electron chi connectivity index (χ2n) is 4.92. The van der Waals surface area contributed by atoms with E-state index in [2.05, 4.69) is 21.2 Å². The van der Waals surface area contributed by atoms with Crippen molar-refractivity contribution in [3.05, 3.63) is 34.3 Å². The maximum absolute atomic E-state index is 12.1. The fraction of sp³-hybridized carbons (Fsp3) is 0.467. The molecule has 1 aliphatic heterocycles. The van der Waals surface area contributed by atoms with Gasteiger partial charge in [-0.2, -0.15) is 0 Å². The number of nitrogens with one attached hydrogen (secondary N) is 1. The molecule has 2 atom stereocenters. The van der Waals surface area contributed by atoms with Crippen LogP contribution in [0.25, 0.3) is 0 Å². The Kier molecular flexibility index (Phi) is 5.76. The van der Waals surface area contributed by atoms with E-state index in [4.69, 9.17) is 9.47 Å². The van der Waals surface area contributed by atoms with E-state index in [-0.39, 0.29) is 5.91 Å². The molecule has 114 valence electrons. The average Bonchev–Trinajstić information content (AvgIpc) is 3.00. The van der Waals surface area contributed by atoms with Crippen molar-refractivity contribution in [1.29, 1.82) is 0 Å². The van der Waals surface area contributed by atoms with Gasteiger partial charge in [-0.05, 0) is 30.5 Å². The van der Waals surface area contributed by atoms with Gasteiger partial charge in [0.2, 0.25) is 5.91 Å². The van der Waals surface area contributed by atoms with Crippen molar-refractivity contribution in [2.75, 3.05) is 13.7 Å². The Morgan fingerprint density at radius 3 is 2.95 bits per heavy atom. The lowest BCUT2D eigenvalue weighted by atomic mass is 10.1. The zero-order chi connectivity index (χ0) is 15.2. The molecule has 1 aromatic rings. The van der Waals surface area contributed by atoms with Crippen molar-refractivity contribution < 1.29 is 19.1 Å². The highest BCUT2D eigenvalue weighted by Gasteiger charge is 2.28. The molecule has 2 rings (SSSR count). The molecule has 0 spiro atoms. The van der Waals surface area contributed by atoms with Crippen LogP contribution in [0.4, 0.5) is 0 Å². The Bertz CT molecular complexity index is 514. The second-order valence-corrected chi connectivity index (χ2v) is 5.84. The summed E-state index contributed by atoms with van der Waals surface area (Å²) < 4.78 is 11.0. The minimum atomic E-state index is -0.707. The summed E-state index contributed by atoms with van der Waals surface area (Å²) in [6, 6.07) is 6.89. The van der Waals surface area contributed by atoms with E-state index in [1.54, 1.807) is 0 Å². The van der Waals surface area contributed by atoms with Crippen LogP contribution < -0.4 is 5.32 Å². The number of benzene rings is 1. The molecule has 1 amide bonds. The molecule has 21 heavy (non-hydrogen) atoms. The molecule has 1 heterocycles. The van der Waals surface area contributed by atoms with Crippen LogP contribution >= 0.6 is 15.9 Å². The Morgan fingerprint density at radius 1 is 1.52 bits per heavy atom. The lowest BCUT2D eigenvalue weighted by Gasteiger charge is -2.19. The first-order chi connectivity index (χ1) is 10.1. The van der Waals surface area contributed by atoms with Crippen LogP contribution in [0.3, 0.4) is 0 Å². The minimum Gasteiger partial charge on any atom is -0.467 e. The molecule has 1 aliphatic rings. The number of amides is 1. The summed E-state index contributed by atoms with van der Waals surface area (Å²) in [4.78, 5) is 23.9. The van der Waals surface area contributed by atoms with Gasteiger partial charge in [0.15, 0.2) is 0 Å². The van der Waals surface area contributed by atoms with Gasteiger partial charge in [-0.15, -0.1) is 0 Å². The molecule has 0 unspecified atom stereocenters. The lowest BCUT2D eigenvalue weighted by molar-refractivity contribution is -0.146. The molecule has 1 aromatic carbocycles. The predicted octanol–water partition coefficient (Wildman–Crippen LogP) is 1.83. The molecule has 0 bridgehead atoms. The molecule has 1 fully saturated rings. The number of halogens is 1. The molecule has 0 radical (unpaired) electrons. The number of carbonyl (C=O) groups excluding carboxylic acids is 2. The van der Waals surface area contributed by atoms with E-state index >= 15 is 0 Å². The van der Waals surface area contributed by atoms with Gasteiger partial charge in [0, 0.05) is 17.5 Å². The van der Waals surface area contributed by atoms with E-state index < -0.39 is 18.1 Å². The van der Waals surface area contributed by atoms with Crippen molar-refractivity contribution in [1.82, 2.24) is 5.32 Å². The van der Waals surface area contributed by atoms with Crippen molar-refractivity contribution in [3.8, 4) is 0 Å². The van der Waals surface area contributed by atoms with Gasteiger partial charge in [0.25, 0.3) is 0 Å². The molecule has 1 saturated heterocycles. The third kappa shape index (κ3) is 4.54. The van der Waals surface area contributed by atoms with Gasteiger partial charge in [-0.1, -0.05) is 28.1 Å². The van der Waals surface area contributed by atoms with Gasteiger partial charge in [-0.25, -0.2) is 4.79 Å². The summed E-state index contributed by atoms with van der Waals surface area (Å²) in [5.74, 6) is -0.709.